The molecule has 6 saturated carbocycles. The third kappa shape index (κ3) is 12.7. The number of carbonyl (C=O) groups is 7. The Bertz CT molecular complexity index is 2380. The van der Waals surface area contributed by atoms with E-state index in [1.54, 1.807) is 24.3 Å². The molecule has 0 radical (unpaired) electrons. The molecule has 0 saturated heterocycles. The molecule has 6 fully saturated rings. The van der Waals surface area contributed by atoms with Gasteiger partial charge in [0.15, 0.2) is 5.41 Å². The average Bonchev–Trinajstić information content (AvgIpc) is 2.37. The van der Waals surface area contributed by atoms with Crippen LogP contribution in [0.3, 0.4) is 0 Å². The average molecular weight is 1180 g/mol. The van der Waals surface area contributed by atoms with E-state index in [0.717, 1.165) is 0 Å². The lowest BCUT2D eigenvalue weighted by Crippen LogP contribution is -2.71. The van der Waals surface area contributed by atoms with E-state index in [2.05, 4.69) is 26.6 Å². The highest BCUT2D eigenvalue weighted by atomic mass is 16.6. The molecule has 5 N–H and O–H groups in total. The Morgan fingerprint density at radius 2 is 0.554 bits per heavy atom. The lowest BCUT2D eigenvalue weighted by molar-refractivity contribution is -0.164. The zero-order chi connectivity index (χ0) is 60.7. The van der Waals surface area contributed by atoms with Gasteiger partial charge in [-0.3, -0.25) is 28.8 Å². The highest BCUT2D eigenvalue weighted by molar-refractivity contribution is 6.07. The number of benzene rings is 1. The molecule has 6 aliphatic carbocycles. The second-order valence-corrected chi connectivity index (χ2v) is 23.1. The molecule has 1 aromatic rings. The van der Waals surface area contributed by atoms with Gasteiger partial charge in [0, 0.05) is 162 Å². The molecular formula is C57H87N5O21. The van der Waals surface area contributed by atoms with E-state index in [0.29, 0.717) is 5.56 Å². The number of esters is 2. The van der Waals surface area contributed by atoms with Crippen LogP contribution in [0.1, 0.15) is 82.6 Å². The van der Waals surface area contributed by atoms with Crippen molar-refractivity contribution in [1.29, 1.82) is 0 Å². The van der Waals surface area contributed by atoms with Gasteiger partial charge >= 0.3 is 11.9 Å². The van der Waals surface area contributed by atoms with Crippen LogP contribution in [0, 0.1) is 5.41 Å². The standard InChI is InChI=1S/C57H87N5O21/c1-70-33-19-52(20-34(33)71-2,50(68)83-31-32-17-15-14-16-18-32)45(63)58-53(21-35(72-3)36(22-53)73-4)46(64)59-54(23-37(74-5)38(24-54)75-6)47(65)60-55(25-39(76-7)40(26-55)77-8)48(66)61-56(27-41(78-9)42(28-56)79-10)49(67)62-57(51(69)82-13)29-43(80-11)44(30-57)81-12/h14-18,33-44H,19-31H2,1-13H3,(H,58,63)(H,59,64)(H,60,65)(H,61,66)(H,62,67)/t33-,34-,35-,36-,37-,38?,39-,40-,41-,42-,43-,44-,54?/m0/s1. The van der Waals surface area contributed by atoms with Gasteiger partial charge in [0.25, 0.3) is 0 Å². The van der Waals surface area contributed by atoms with Crippen LogP contribution < -0.4 is 26.6 Å². The summed E-state index contributed by atoms with van der Waals surface area (Å²) in [6.07, 6.45) is -10.8. The maximum absolute atomic E-state index is 16.0. The Labute approximate surface area is 484 Å². The molecule has 6 aliphatic rings. The molecule has 466 valence electrons. The molecule has 26 heteroatoms. The molecule has 83 heavy (non-hydrogen) atoms. The maximum atomic E-state index is 16.0. The summed E-state index contributed by atoms with van der Waals surface area (Å²) in [5, 5.41) is 15.0. The van der Waals surface area contributed by atoms with Gasteiger partial charge in [-0.25, -0.2) is 4.79 Å². The first kappa shape index (κ1) is 65.6. The lowest BCUT2D eigenvalue weighted by atomic mass is 9.82. The van der Waals surface area contributed by atoms with E-state index in [1.165, 1.54) is 92.4 Å². The minimum Gasteiger partial charge on any atom is -0.467 e. The van der Waals surface area contributed by atoms with Crippen molar-refractivity contribution in [3.05, 3.63) is 35.9 Å². The molecule has 5 amide bonds. The van der Waals surface area contributed by atoms with Crippen molar-refractivity contribution >= 4 is 41.5 Å². The topological polar surface area (TPSA) is 309 Å². The van der Waals surface area contributed by atoms with Crippen LogP contribution >= 0.6 is 0 Å². The predicted molar refractivity (Wildman–Crippen MR) is 290 cm³/mol. The third-order valence-electron chi connectivity index (χ3n) is 18.8. The first-order valence-electron chi connectivity index (χ1n) is 27.9. The summed E-state index contributed by atoms with van der Waals surface area (Å²) in [7, 11) is 18.5. The predicted octanol–water partition coefficient (Wildman–Crippen LogP) is 0.107. The maximum Gasteiger partial charge on any atom is 0.331 e. The highest BCUT2D eigenvalue weighted by Gasteiger charge is 2.65. The van der Waals surface area contributed by atoms with E-state index < -0.39 is 148 Å². The number of methoxy groups -OCH3 is 13. The monoisotopic (exact) mass is 1180 g/mol. The summed E-state index contributed by atoms with van der Waals surface area (Å²) in [5.41, 5.74) is -10.6. The molecule has 0 heterocycles. The van der Waals surface area contributed by atoms with Crippen LogP contribution in [0.2, 0.25) is 0 Å². The van der Waals surface area contributed by atoms with Crippen LogP contribution in [0.25, 0.3) is 0 Å². The minimum absolute atomic E-state index is 0.0242. The first-order valence-corrected chi connectivity index (χ1v) is 27.9. The Hall–Kier alpha value is -4.97. The van der Waals surface area contributed by atoms with E-state index in [9.17, 15) is 9.59 Å². The van der Waals surface area contributed by atoms with Crippen LogP contribution in [0.15, 0.2) is 30.3 Å². The van der Waals surface area contributed by atoms with Gasteiger partial charge in [0.1, 0.15) is 34.3 Å². The van der Waals surface area contributed by atoms with Gasteiger partial charge in [-0.1, -0.05) is 30.3 Å². The second-order valence-electron chi connectivity index (χ2n) is 23.1. The normalized spacial score (nSPS) is 32.6. The molecule has 0 bridgehead atoms. The van der Waals surface area contributed by atoms with Crippen molar-refractivity contribution in [3.63, 3.8) is 0 Å². The summed E-state index contributed by atoms with van der Waals surface area (Å²) in [5.74, 6) is -5.79. The Morgan fingerprint density at radius 1 is 0.325 bits per heavy atom. The smallest absolute Gasteiger partial charge is 0.331 e. The van der Waals surface area contributed by atoms with Crippen molar-refractivity contribution < 1.29 is 99.9 Å². The molecule has 0 aromatic heterocycles. The van der Waals surface area contributed by atoms with E-state index in [1.807, 2.05) is 6.07 Å². The minimum atomic E-state index is -1.97. The Balaban J connectivity index is 1.27. The van der Waals surface area contributed by atoms with Crippen LogP contribution in [0.5, 0.6) is 0 Å². The quantitative estimate of drug-likeness (QED) is 0.0607. The highest BCUT2D eigenvalue weighted by Crippen LogP contribution is 2.47. The van der Waals surface area contributed by atoms with Crippen LogP contribution in [0.4, 0.5) is 0 Å². The SMILES string of the molecule is COC(=O)C1(NC(=O)C2(NC(=O)C3(NC(=O)C4(NC(=O)C5(NC(=O)C6(C(=O)OCc7ccccc7)C[C@H](OC)[C@@H](OC)C6)C[C@H](OC)[C@@H](OC)C5)CC(OC)[C@@H](OC)C4)C[C@H](OC)[C@@H](OC)C3)C[C@H](OC)[C@@H](OC)C2)C[C@H](OC)[C@@H](OC)C1. The summed E-state index contributed by atoms with van der Waals surface area (Å²) in [4.78, 5) is 107. The van der Waals surface area contributed by atoms with Crippen molar-refractivity contribution in [2.45, 2.75) is 185 Å². The molecule has 26 nitrogen and oxygen atoms in total. The number of hydrogen-bond donors (Lipinski definition) is 5. The van der Waals surface area contributed by atoms with Gasteiger partial charge in [0.05, 0.1) is 80.4 Å². The van der Waals surface area contributed by atoms with Gasteiger partial charge in [-0.05, 0) is 5.56 Å². The van der Waals surface area contributed by atoms with Crippen molar-refractivity contribution in [1.82, 2.24) is 26.6 Å². The Morgan fingerprint density at radius 3 is 0.807 bits per heavy atom. The van der Waals surface area contributed by atoms with Crippen molar-refractivity contribution in [2.75, 3.05) is 92.4 Å². The van der Waals surface area contributed by atoms with Crippen molar-refractivity contribution in [3.8, 4) is 0 Å². The Kier molecular flexibility index (Phi) is 21.5. The second kappa shape index (κ2) is 27.2. The summed E-state index contributed by atoms with van der Waals surface area (Å²) in [6.45, 7) is -0.155. The molecule has 2 unspecified atom stereocenters. The molecule has 7 rings (SSSR count). The molecule has 0 aliphatic heterocycles. The van der Waals surface area contributed by atoms with Crippen LogP contribution in [-0.4, -0.2) is 235 Å². The van der Waals surface area contributed by atoms with Gasteiger partial charge < -0.3 is 92.9 Å². The van der Waals surface area contributed by atoms with Crippen LogP contribution in [-0.2, 0) is 106 Å². The molecule has 13 atom stereocenters. The summed E-state index contributed by atoms with van der Waals surface area (Å²) in [6, 6.07) is 8.95. The van der Waals surface area contributed by atoms with E-state index in [-0.39, 0.29) is 83.7 Å². The number of carbonyl (C=O) groups excluding carboxylic acids is 7. The number of hydrogen-bond acceptors (Lipinski definition) is 21. The fourth-order valence-electron chi connectivity index (χ4n) is 13.9. The van der Waals surface area contributed by atoms with E-state index >= 15 is 24.0 Å². The zero-order valence-electron chi connectivity index (χ0n) is 50.1. The van der Waals surface area contributed by atoms with Gasteiger partial charge in [-0.15, -0.1) is 0 Å². The first-order chi connectivity index (χ1) is 39.6. The summed E-state index contributed by atoms with van der Waals surface area (Å²) < 4.78 is 81.0. The molecular weight excluding hydrogens is 1090 g/mol. The lowest BCUT2D eigenvalue weighted by Gasteiger charge is -2.41. The largest absolute Gasteiger partial charge is 0.467 e. The molecule has 0 spiro atoms. The number of ether oxygens (including phenoxy) is 14. The third-order valence-corrected chi connectivity index (χ3v) is 18.8. The number of nitrogens with one attached hydrogen (secondary N) is 5. The van der Waals surface area contributed by atoms with Gasteiger partial charge in [-0.2, -0.15) is 0 Å². The zero-order valence-corrected chi connectivity index (χ0v) is 50.1. The fraction of sp³-hybridized carbons (Fsp3) is 0.772. The number of rotatable bonds is 26. The molecule has 1 aromatic carbocycles. The van der Waals surface area contributed by atoms with Gasteiger partial charge in [0.2, 0.25) is 29.5 Å². The fourth-order valence-corrected chi connectivity index (χ4v) is 13.9. The summed E-state index contributed by atoms with van der Waals surface area (Å²) >= 11 is 0. The number of amides is 5. The van der Waals surface area contributed by atoms with E-state index in [4.69, 9.17) is 66.3 Å². The van der Waals surface area contributed by atoms with Crippen molar-refractivity contribution in [2.24, 2.45) is 5.41 Å².